The summed E-state index contributed by atoms with van der Waals surface area (Å²) >= 11 is 0. The minimum absolute atomic E-state index is 0.0136. The molecule has 0 saturated carbocycles. The van der Waals surface area contributed by atoms with Gasteiger partial charge in [-0.2, -0.15) is 0 Å². The maximum atomic E-state index is 12.6. The van der Waals surface area contributed by atoms with Crippen molar-refractivity contribution >= 4 is 19.8 Å². The average molecular weight is 744 g/mol. The number of carbonyl (C=O) groups is 2. The van der Waals surface area contributed by atoms with Gasteiger partial charge in [0.2, 0.25) is 0 Å². The molecule has 0 saturated heterocycles. The molecule has 0 aliphatic carbocycles. The highest BCUT2D eigenvalue weighted by molar-refractivity contribution is 7.47. The van der Waals surface area contributed by atoms with E-state index in [1.807, 2.05) is 0 Å². The molecule has 0 aliphatic rings. The first-order valence-electron chi connectivity index (χ1n) is 20.0. The number of carboxylic acid groups (broad SMARTS) is 1. The van der Waals surface area contributed by atoms with Crippen LogP contribution in [0.15, 0.2) is 36.5 Å². The van der Waals surface area contributed by atoms with E-state index in [2.05, 4.69) is 50.3 Å². The Bertz CT molecular complexity index is 956. The zero-order valence-electron chi connectivity index (χ0n) is 32.2. The smallest absolute Gasteiger partial charge is 0.472 e. The second-order valence-electron chi connectivity index (χ2n) is 13.4. The van der Waals surface area contributed by atoms with Gasteiger partial charge in [0.05, 0.1) is 19.8 Å². The third-order valence-corrected chi connectivity index (χ3v) is 9.38. The highest BCUT2D eigenvalue weighted by Crippen LogP contribution is 2.43. The van der Waals surface area contributed by atoms with Gasteiger partial charge in [0.25, 0.3) is 0 Å². The van der Waals surface area contributed by atoms with Crippen LogP contribution in [0.4, 0.5) is 0 Å². The van der Waals surface area contributed by atoms with Gasteiger partial charge in [-0.15, -0.1) is 0 Å². The molecular weight excluding hydrogens is 669 g/mol. The summed E-state index contributed by atoms with van der Waals surface area (Å²) in [6.45, 7) is 3.74. The van der Waals surface area contributed by atoms with Crippen LogP contribution in [-0.2, 0) is 32.7 Å². The molecule has 3 atom stereocenters. The molecule has 0 radical (unpaired) electrons. The predicted octanol–water partition coefficient (Wildman–Crippen LogP) is 10.5. The van der Waals surface area contributed by atoms with Crippen LogP contribution in [0.3, 0.4) is 0 Å². The Morgan fingerprint density at radius 2 is 1.14 bits per heavy atom. The monoisotopic (exact) mass is 744 g/mol. The molecule has 0 rings (SSSR count). The zero-order valence-corrected chi connectivity index (χ0v) is 33.1. The van der Waals surface area contributed by atoms with E-state index in [0.29, 0.717) is 13.0 Å². The summed E-state index contributed by atoms with van der Waals surface area (Å²) in [4.78, 5) is 33.4. The lowest BCUT2D eigenvalue weighted by atomic mass is 10.1. The summed E-state index contributed by atoms with van der Waals surface area (Å²) in [5, 5.41) is 8.87. The number of allylic oxidation sites excluding steroid dienone is 6. The summed E-state index contributed by atoms with van der Waals surface area (Å²) in [7, 11) is -4.61. The van der Waals surface area contributed by atoms with Crippen LogP contribution in [0.5, 0.6) is 0 Å². The maximum absolute atomic E-state index is 12.6. The number of aliphatic carboxylic acids is 1. The van der Waals surface area contributed by atoms with Gasteiger partial charge in [0.15, 0.2) is 0 Å². The Hall–Kier alpha value is -1.81. The van der Waals surface area contributed by atoms with Crippen molar-refractivity contribution in [2.45, 2.75) is 180 Å². The van der Waals surface area contributed by atoms with Crippen molar-refractivity contribution < 1.29 is 42.7 Å². The lowest BCUT2D eigenvalue weighted by Crippen LogP contribution is -2.34. The molecule has 4 N–H and O–H groups in total. The fourth-order valence-corrected chi connectivity index (χ4v) is 6.10. The predicted molar refractivity (Wildman–Crippen MR) is 208 cm³/mol. The van der Waals surface area contributed by atoms with Gasteiger partial charge in [-0.1, -0.05) is 153 Å². The van der Waals surface area contributed by atoms with E-state index >= 15 is 0 Å². The van der Waals surface area contributed by atoms with Crippen molar-refractivity contribution in [3.63, 3.8) is 0 Å². The van der Waals surface area contributed by atoms with Crippen molar-refractivity contribution in [3.8, 4) is 0 Å². The lowest BCUT2D eigenvalue weighted by Gasteiger charge is -2.20. The molecule has 11 heteroatoms. The molecular formula is C40H74NO9P. The molecule has 0 aromatic heterocycles. The fourth-order valence-electron chi connectivity index (χ4n) is 5.32. The van der Waals surface area contributed by atoms with Gasteiger partial charge in [-0.05, 0) is 44.9 Å². The van der Waals surface area contributed by atoms with Crippen LogP contribution >= 0.6 is 7.82 Å². The lowest BCUT2D eigenvalue weighted by molar-refractivity contribution is -0.154. The number of hydrogen-bond donors (Lipinski definition) is 3. The van der Waals surface area contributed by atoms with E-state index < -0.39 is 45.1 Å². The molecule has 3 unspecified atom stereocenters. The normalized spacial score (nSPS) is 14.4. The van der Waals surface area contributed by atoms with Crippen LogP contribution < -0.4 is 5.73 Å². The third kappa shape index (κ3) is 36.3. The molecule has 0 aromatic carbocycles. The fraction of sp³-hybridized carbons (Fsp3) is 0.800. The molecule has 0 heterocycles. The third-order valence-electron chi connectivity index (χ3n) is 8.43. The highest BCUT2D eigenvalue weighted by Gasteiger charge is 2.27. The molecule has 0 spiro atoms. The number of carbonyl (C=O) groups excluding carboxylic acids is 1. The Morgan fingerprint density at radius 3 is 1.71 bits per heavy atom. The molecule has 0 fully saturated rings. The van der Waals surface area contributed by atoms with Gasteiger partial charge in [0, 0.05) is 13.0 Å². The van der Waals surface area contributed by atoms with Crippen LogP contribution in [0.2, 0.25) is 0 Å². The number of ether oxygens (including phenoxy) is 2. The number of rotatable bonds is 38. The standard InChI is InChI=1S/C40H74NO9P/c1-3-5-7-9-11-13-15-16-17-18-19-20-21-23-25-27-29-31-33-47-34-37(35-48-51(45,46)49-36-38(41)40(43)44)50-39(42)32-30-28-26-24-22-14-12-10-8-6-4-2/h5,7,11,13,16-17,37-38H,3-4,6,8-10,12,14-15,18-36,41H2,1-2H3,(H,43,44)(H,45,46)/b7-5-,13-11-,17-16-. The molecule has 0 amide bonds. The summed E-state index contributed by atoms with van der Waals surface area (Å²) in [5.74, 6) is -1.78. The zero-order chi connectivity index (χ0) is 37.7. The molecule has 0 aromatic rings. The Balaban J connectivity index is 4.24. The molecule has 0 aliphatic heterocycles. The Kier molecular flexibility index (Phi) is 35.2. The minimum atomic E-state index is -4.61. The van der Waals surface area contributed by atoms with Gasteiger partial charge >= 0.3 is 19.8 Å². The average Bonchev–Trinajstić information content (AvgIpc) is 3.10. The van der Waals surface area contributed by atoms with E-state index in [1.54, 1.807) is 0 Å². The van der Waals surface area contributed by atoms with E-state index in [0.717, 1.165) is 57.8 Å². The van der Waals surface area contributed by atoms with Crippen molar-refractivity contribution in [3.05, 3.63) is 36.5 Å². The second kappa shape index (κ2) is 36.5. The quantitative estimate of drug-likeness (QED) is 0.0241. The number of nitrogens with two attached hydrogens (primary N) is 1. The second-order valence-corrected chi connectivity index (χ2v) is 14.8. The van der Waals surface area contributed by atoms with E-state index in [-0.39, 0.29) is 13.0 Å². The van der Waals surface area contributed by atoms with Crippen LogP contribution in [-0.4, -0.2) is 60.5 Å². The Labute approximate surface area is 310 Å². The van der Waals surface area contributed by atoms with Crippen molar-refractivity contribution in [2.75, 3.05) is 26.4 Å². The van der Waals surface area contributed by atoms with Gasteiger partial charge in [-0.3, -0.25) is 18.6 Å². The minimum Gasteiger partial charge on any atom is -0.480 e. The summed E-state index contributed by atoms with van der Waals surface area (Å²) in [6.07, 6.45) is 39.1. The van der Waals surface area contributed by atoms with Crippen LogP contribution in [0.25, 0.3) is 0 Å². The Morgan fingerprint density at radius 1 is 0.647 bits per heavy atom. The first-order chi connectivity index (χ1) is 24.7. The molecule has 0 bridgehead atoms. The number of esters is 1. The van der Waals surface area contributed by atoms with Gasteiger partial charge in [-0.25, -0.2) is 4.57 Å². The van der Waals surface area contributed by atoms with E-state index in [9.17, 15) is 19.0 Å². The summed E-state index contributed by atoms with van der Waals surface area (Å²) in [6, 6.07) is -1.47. The number of phosphoric ester groups is 1. The van der Waals surface area contributed by atoms with Crippen molar-refractivity contribution in [2.24, 2.45) is 5.73 Å². The first-order valence-corrected chi connectivity index (χ1v) is 21.5. The summed E-state index contributed by atoms with van der Waals surface area (Å²) < 4.78 is 33.2. The van der Waals surface area contributed by atoms with Gasteiger partial charge in [0.1, 0.15) is 12.1 Å². The first kappa shape index (κ1) is 49.2. The number of carboxylic acids is 1. The number of unbranched alkanes of at least 4 members (excludes halogenated alkanes) is 18. The number of phosphoric acid groups is 1. The van der Waals surface area contributed by atoms with Crippen LogP contribution in [0.1, 0.15) is 168 Å². The van der Waals surface area contributed by atoms with E-state index in [1.165, 1.54) is 83.5 Å². The van der Waals surface area contributed by atoms with Crippen LogP contribution in [0, 0.1) is 0 Å². The summed E-state index contributed by atoms with van der Waals surface area (Å²) in [5.41, 5.74) is 5.34. The molecule has 10 nitrogen and oxygen atoms in total. The van der Waals surface area contributed by atoms with Crippen molar-refractivity contribution in [1.29, 1.82) is 0 Å². The van der Waals surface area contributed by atoms with E-state index in [4.69, 9.17) is 29.4 Å². The molecule has 51 heavy (non-hydrogen) atoms. The molecule has 298 valence electrons. The number of hydrogen-bond acceptors (Lipinski definition) is 8. The maximum Gasteiger partial charge on any atom is 0.472 e. The topological polar surface area (TPSA) is 155 Å². The van der Waals surface area contributed by atoms with Crippen molar-refractivity contribution in [1.82, 2.24) is 0 Å². The highest BCUT2D eigenvalue weighted by atomic mass is 31.2. The largest absolute Gasteiger partial charge is 0.480 e. The SMILES string of the molecule is CC/C=C\C/C=C\C/C=C\CCCCCCCCCCOCC(COP(=O)(O)OCC(N)C(=O)O)OC(=O)CCCCCCCCCCCCC. The van der Waals surface area contributed by atoms with Gasteiger partial charge < -0.3 is 25.2 Å².